The molecule has 1 unspecified atom stereocenters. The fraction of sp³-hybridized carbons (Fsp3) is 0.529. The molecule has 1 aromatic rings. The van der Waals surface area contributed by atoms with Crippen molar-refractivity contribution >= 4 is 11.8 Å². The number of carbonyl (C=O) groups excluding carboxylic acids is 2. The molecule has 0 aromatic heterocycles. The number of β-amino-alcohol motifs (C(OH)–C–C–N with tert-alkyl or cyclic N) is 1. The summed E-state index contributed by atoms with van der Waals surface area (Å²) in [5.74, 6) is -1.14. The Kier molecular flexibility index (Phi) is 4.00. The molecule has 2 amide bonds. The maximum absolute atomic E-state index is 12.9. The number of benzene rings is 1. The molecule has 2 fully saturated rings. The second kappa shape index (κ2) is 5.80. The van der Waals surface area contributed by atoms with Gasteiger partial charge in [-0.25, -0.2) is 4.39 Å². The van der Waals surface area contributed by atoms with E-state index in [0.717, 1.165) is 18.4 Å². The molecular weight excluding hydrogens is 285 g/mol. The van der Waals surface area contributed by atoms with Gasteiger partial charge in [0.2, 0.25) is 11.8 Å². The van der Waals surface area contributed by atoms with E-state index >= 15 is 0 Å². The Balaban J connectivity index is 1.67. The van der Waals surface area contributed by atoms with E-state index < -0.39 is 11.5 Å². The third-order valence-electron chi connectivity index (χ3n) is 4.72. The molecule has 1 atom stereocenters. The molecule has 1 aromatic carbocycles. The Morgan fingerprint density at radius 1 is 1.18 bits per heavy atom. The third-order valence-corrected chi connectivity index (χ3v) is 4.72. The summed E-state index contributed by atoms with van der Waals surface area (Å²) in [5.41, 5.74) is -0.0650. The summed E-state index contributed by atoms with van der Waals surface area (Å²) in [4.78, 5) is 25.8. The van der Waals surface area contributed by atoms with Crippen LogP contribution in [0.2, 0.25) is 0 Å². The van der Waals surface area contributed by atoms with Gasteiger partial charge in [-0.2, -0.15) is 0 Å². The summed E-state index contributed by atoms with van der Waals surface area (Å²) in [6.45, 7) is 0.116. The van der Waals surface area contributed by atoms with Crippen LogP contribution in [0.25, 0.3) is 0 Å². The van der Waals surface area contributed by atoms with Crippen molar-refractivity contribution in [1.82, 2.24) is 4.90 Å². The Bertz CT molecular complexity index is 578. The fourth-order valence-electron chi connectivity index (χ4n) is 3.47. The zero-order valence-corrected chi connectivity index (χ0v) is 12.4. The molecule has 3 rings (SSSR count). The largest absolute Gasteiger partial charge is 0.388 e. The van der Waals surface area contributed by atoms with Crippen LogP contribution in [0, 0.1) is 11.7 Å². The summed E-state index contributed by atoms with van der Waals surface area (Å²) in [5, 5.41) is 10.4. The lowest BCUT2D eigenvalue weighted by molar-refractivity contribution is -0.143. The smallest absolute Gasteiger partial charge is 0.233 e. The minimum absolute atomic E-state index is 0.116. The van der Waals surface area contributed by atoms with Crippen LogP contribution in [-0.2, 0) is 16.0 Å². The highest BCUT2D eigenvalue weighted by Gasteiger charge is 2.43. The van der Waals surface area contributed by atoms with Crippen LogP contribution in [0.4, 0.5) is 4.39 Å². The topological polar surface area (TPSA) is 57.6 Å². The standard InChI is InChI=1S/C17H20FNO3/c18-14-5-3-12(4-6-14)9-13-10-15(20)19(16(13)21)11-17(22)7-1-2-8-17/h3-6,13,22H,1-2,7-11H2. The molecule has 1 saturated heterocycles. The normalized spacial score (nSPS) is 24.3. The van der Waals surface area contributed by atoms with E-state index in [9.17, 15) is 19.1 Å². The van der Waals surface area contributed by atoms with Crippen molar-refractivity contribution in [2.24, 2.45) is 5.92 Å². The lowest BCUT2D eigenvalue weighted by atomic mass is 9.97. The maximum Gasteiger partial charge on any atom is 0.233 e. The number of nitrogens with zero attached hydrogens (tertiary/aromatic N) is 1. The first kappa shape index (κ1) is 15.2. The minimum atomic E-state index is -0.907. The first-order chi connectivity index (χ1) is 10.5. The van der Waals surface area contributed by atoms with Crippen molar-refractivity contribution in [2.75, 3.05) is 6.54 Å². The van der Waals surface area contributed by atoms with Gasteiger partial charge in [0.05, 0.1) is 18.1 Å². The summed E-state index contributed by atoms with van der Waals surface area (Å²) >= 11 is 0. The van der Waals surface area contributed by atoms with E-state index in [1.54, 1.807) is 12.1 Å². The first-order valence-corrected chi connectivity index (χ1v) is 7.78. The molecule has 1 aliphatic carbocycles. The number of carbonyl (C=O) groups is 2. The molecule has 1 aliphatic heterocycles. The number of imide groups is 1. The van der Waals surface area contributed by atoms with Gasteiger partial charge in [-0.1, -0.05) is 25.0 Å². The van der Waals surface area contributed by atoms with E-state index in [1.807, 2.05) is 0 Å². The molecule has 1 saturated carbocycles. The van der Waals surface area contributed by atoms with Crippen molar-refractivity contribution in [3.63, 3.8) is 0 Å². The molecular formula is C17H20FNO3. The Morgan fingerprint density at radius 3 is 2.45 bits per heavy atom. The van der Waals surface area contributed by atoms with E-state index in [1.165, 1.54) is 17.0 Å². The molecule has 1 heterocycles. The number of amides is 2. The molecule has 0 spiro atoms. The van der Waals surface area contributed by atoms with Crippen LogP contribution < -0.4 is 0 Å². The lowest BCUT2D eigenvalue weighted by Gasteiger charge is -2.27. The monoisotopic (exact) mass is 305 g/mol. The zero-order chi connectivity index (χ0) is 15.7. The van der Waals surface area contributed by atoms with Crippen molar-refractivity contribution in [3.8, 4) is 0 Å². The lowest BCUT2D eigenvalue weighted by Crippen LogP contribution is -2.44. The Morgan fingerprint density at radius 2 is 1.82 bits per heavy atom. The highest BCUT2D eigenvalue weighted by atomic mass is 19.1. The summed E-state index contributed by atoms with van der Waals surface area (Å²) in [7, 11) is 0. The van der Waals surface area contributed by atoms with Gasteiger partial charge in [-0.15, -0.1) is 0 Å². The van der Waals surface area contributed by atoms with Gasteiger partial charge in [-0.3, -0.25) is 14.5 Å². The molecule has 5 heteroatoms. The number of hydrogen-bond donors (Lipinski definition) is 1. The van der Waals surface area contributed by atoms with E-state index in [4.69, 9.17) is 0 Å². The van der Waals surface area contributed by atoms with Gasteiger partial charge < -0.3 is 5.11 Å². The van der Waals surface area contributed by atoms with Crippen molar-refractivity contribution in [2.45, 2.75) is 44.1 Å². The summed E-state index contributed by atoms with van der Waals surface area (Å²) in [6.07, 6.45) is 3.77. The quantitative estimate of drug-likeness (QED) is 0.866. The van der Waals surface area contributed by atoms with Crippen LogP contribution in [0.3, 0.4) is 0 Å². The van der Waals surface area contributed by atoms with Gasteiger partial charge in [0.1, 0.15) is 5.82 Å². The molecule has 2 aliphatic rings. The number of aliphatic hydroxyl groups is 1. The predicted molar refractivity (Wildman–Crippen MR) is 78.3 cm³/mol. The maximum atomic E-state index is 12.9. The summed E-state index contributed by atoms with van der Waals surface area (Å²) in [6, 6.07) is 5.99. The van der Waals surface area contributed by atoms with Crippen molar-refractivity contribution < 1.29 is 19.1 Å². The average molecular weight is 305 g/mol. The number of halogens is 1. The highest BCUT2D eigenvalue weighted by molar-refractivity contribution is 6.03. The molecule has 22 heavy (non-hydrogen) atoms. The number of rotatable bonds is 4. The first-order valence-electron chi connectivity index (χ1n) is 7.78. The van der Waals surface area contributed by atoms with Gasteiger partial charge in [-0.05, 0) is 37.0 Å². The van der Waals surface area contributed by atoms with Crippen molar-refractivity contribution in [3.05, 3.63) is 35.6 Å². The minimum Gasteiger partial charge on any atom is -0.388 e. The van der Waals surface area contributed by atoms with Crippen LogP contribution in [0.1, 0.15) is 37.7 Å². The van der Waals surface area contributed by atoms with Gasteiger partial charge >= 0.3 is 0 Å². The SMILES string of the molecule is O=C1CC(Cc2ccc(F)cc2)C(=O)N1CC1(O)CCCC1. The van der Waals surface area contributed by atoms with Crippen LogP contribution in [0.5, 0.6) is 0 Å². The van der Waals surface area contributed by atoms with E-state index in [2.05, 4.69) is 0 Å². The predicted octanol–water partition coefficient (Wildman–Crippen LogP) is 2.05. The molecule has 1 N–H and O–H groups in total. The third kappa shape index (κ3) is 3.04. The molecule has 0 radical (unpaired) electrons. The second-order valence-electron chi connectivity index (χ2n) is 6.48. The van der Waals surface area contributed by atoms with Gasteiger partial charge in [0, 0.05) is 6.42 Å². The second-order valence-corrected chi connectivity index (χ2v) is 6.48. The van der Waals surface area contributed by atoms with E-state index in [0.29, 0.717) is 19.3 Å². The summed E-state index contributed by atoms with van der Waals surface area (Å²) < 4.78 is 12.9. The van der Waals surface area contributed by atoms with Crippen molar-refractivity contribution in [1.29, 1.82) is 0 Å². The molecule has 4 nitrogen and oxygen atoms in total. The molecule has 118 valence electrons. The highest BCUT2D eigenvalue weighted by Crippen LogP contribution is 2.33. The Hall–Kier alpha value is -1.75. The van der Waals surface area contributed by atoms with Crippen LogP contribution >= 0.6 is 0 Å². The van der Waals surface area contributed by atoms with E-state index in [-0.39, 0.29) is 30.6 Å². The van der Waals surface area contributed by atoms with Crippen LogP contribution in [-0.4, -0.2) is 34.0 Å². The van der Waals surface area contributed by atoms with Gasteiger partial charge in [0.15, 0.2) is 0 Å². The zero-order valence-electron chi connectivity index (χ0n) is 12.4. The fourth-order valence-corrected chi connectivity index (χ4v) is 3.47. The average Bonchev–Trinajstić information content (AvgIpc) is 3.02. The Labute approximate surface area is 128 Å². The van der Waals surface area contributed by atoms with Crippen LogP contribution in [0.15, 0.2) is 24.3 Å². The van der Waals surface area contributed by atoms with Gasteiger partial charge in [0.25, 0.3) is 0 Å². The number of likely N-dealkylation sites (tertiary alicyclic amines) is 1. The number of hydrogen-bond acceptors (Lipinski definition) is 3. The molecule has 0 bridgehead atoms.